The molecule has 0 aliphatic rings. The molecule has 0 saturated carbocycles. The number of halogens is 1. The predicted molar refractivity (Wildman–Crippen MR) is 70.6 cm³/mol. The van der Waals surface area contributed by atoms with Gasteiger partial charge in [0.25, 0.3) is 0 Å². The Morgan fingerprint density at radius 3 is 2.53 bits per heavy atom. The van der Waals surface area contributed by atoms with Gasteiger partial charge in [-0.05, 0) is 43.3 Å². The van der Waals surface area contributed by atoms with Crippen LogP contribution in [0.2, 0.25) is 0 Å². The number of rotatable bonds is 7. The molecular weight excluding hydrogens is 215 g/mol. The van der Waals surface area contributed by atoms with Crippen LogP contribution < -0.4 is 5.32 Å². The van der Waals surface area contributed by atoms with Crippen molar-refractivity contribution in [2.75, 3.05) is 26.2 Å². The highest BCUT2D eigenvalue weighted by Gasteiger charge is 2.01. The molecule has 1 aromatic rings. The first-order chi connectivity index (χ1) is 8.17. The molecule has 0 heterocycles. The largest absolute Gasteiger partial charge is 0.311 e. The van der Waals surface area contributed by atoms with E-state index in [2.05, 4.69) is 24.1 Å². The fraction of sp³-hybridized carbons (Fsp3) is 0.571. The maximum atomic E-state index is 12.9. The van der Waals surface area contributed by atoms with Crippen LogP contribution in [0.4, 0.5) is 4.39 Å². The summed E-state index contributed by atoms with van der Waals surface area (Å²) in [5.41, 5.74) is 2.19. The van der Waals surface area contributed by atoms with Gasteiger partial charge in [-0.3, -0.25) is 0 Å². The molecule has 0 aliphatic carbocycles. The zero-order chi connectivity index (χ0) is 12.7. The van der Waals surface area contributed by atoms with E-state index in [0.29, 0.717) is 0 Å². The number of nitrogens with zero attached hydrogens (tertiary/aromatic N) is 1. The minimum absolute atomic E-state index is 0.158. The van der Waals surface area contributed by atoms with Crippen LogP contribution in [-0.4, -0.2) is 31.1 Å². The van der Waals surface area contributed by atoms with Gasteiger partial charge in [0, 0.05) is 19.6 Å². The number of likely N-dealkylation sites (N-methyl/N-ethyl adjacent to an activating group) is 1. The Kier molecular flexibility index (Phi) is 6.16. The van der Waals surface area contributed by atoms with Crippen LogP contribution >= 0.6 is 0 Å². The van der Waals surface area contributed by atoms with E-state index in [0.717, 1.165) is 38.3 Å². The van der Waals surface area contributed by atoms with Gasteiger partial charge in [-0.1, -0.05) is 19.9 Å². The van der Waals surface area contributed by atoms with E-state index in [-0.39, 0.29) is 5.82 Å². The third-order valence-electron chi connectivity index (χ3n) is 3.12. The Balaban J connectivity index is 2.31. The standard InChI is InChI=1S/C14H23FN2/c1-4-17(5-2)9-8-16-11-13-6-7-14(15)10-12(13)3/h6-7,10,16H,4-5,8-9,11H2,1-3H3. The lowest BCUT2D eigenvalue weighted by molar-refractivity contribution is 0.302. The smallest absolute Gasteiger partial charge is 0.123 e. The average molecular weight is 238 g/mol. The van der Waals surface area contributed by atoms with Gasteiger partial charge in [0.15, 0.2) is 0 Å². The minimum Gasteiger partial charge on any atom is -0.311 e. The van der Waals surface area contributed by atoms with Crippen molar-refractivity contribution >= 4 is 0 Å². The molecule has 1 N–H and O–H groups in total. The summed E-state index contributed by atoms with van der Waals surface area (Å²) in [6.45, 7) is 11.3. The predicted octanol–water partition coefficient (Wildman–Crippen LogP) is 2.57. The Hall–Kier alpha value is -0.930. The quantitative estimate of drug-likeness (QED) is 0.734. The number of hydrogen-bond acceptors (Lipinski definition) is 2. The maximum Gasteiger partial charge on any atom is 0.123 e. The molecule has 96 valence electrons. The summed E-state index contributed by atoms with van der Waals surface area (Å²) >= 11 is 0. The Labute approximate surface area is 104 Å². The van der Waals surface area contributed by atoms with Crippen LogP contribution in [0.3, 0.4) is 0 Å². The van der Waals surface area contributed by atoms with E-state index in [1.807, 2.05) is 13.0 Å². The van der Waals surface area contributed by atoms with Crippen LogP contribution in [-0.2, 0) is 6.54 Å². The topological polar surface area (TPSA) is 15.3 Å². The van der Waals surface area contributed by atoms with Gasteiger partial charge in [0.1, 0.15) is 5.82 Å². The molecule has 0 aliphatic heterocycles. The number of hydrogen-bond donors (Lipinski definition) is 1. The molecule has 1 aromatic carbocycles. The van der Waals surface area contributed by atoms with Crippen molar-refractivity contribution in [2.45, 2.75) is 27.3 Å². The van der Waals surface area contributed by atoms with Gasteiger partial charge < -0.3 is 10.2 Å². The fourth-order valence-electron chi connectivity index (χ4n) is 1.86. The van der Waals surface area contributed by atoms with Crippen molar-refractivity contribution in [1.29, 1.82) is 0 Å². The minimum atomic E-state index is -0.158. The van der Waals surface area contributed by atoms with E-state index in [1.54, 1.807) is 6.07 Å². The normalized spacial score (nSPS) is 11.1. The highest BCUT2D eigenvalue weighted by molar-refractivity contribution is 5.26. The zero-order valence-electron chi connectivity index (χ0n) is 11.1. The summed E-state index contributed by atoms with van der Waals surface area (Å²) in [5.74, 6) is -0.158. The first-order valence-corrected chi connectivity index (χ1v) is 6.35. The number of benzene rings is 1. The number of nitrogens with one attached hydrogen (secondary N) is 1. The highest BCUT2D eigenvalue weighted by Crippen LogP contribution is 2.09. The van der Waals surface area contributed by atoms with Crippen molar-refractivity contribution in [3.63, 3.8) is 0 Å². The lowest BCUT2D eigenvalue weighted by Crippen LogP contribution is -2.31. The summed E-state index contributed by atoms with van der Waals surface area (Å²) in [4.78, 5) is 2.38. The van der Waals surface area contributed by atoms with Gasteiger partial charge in [-0.15, -0.1) is 0 Å². The molecule has 0 fully saturated rings. The van der Waals surface area contributed by atoms with Crippen molar-refractivity contribution < 1.29 is 4.39 Å². The monoisotopic (exact) mass is 238 g/mol. The second kappa shape index (κ2) is 7.41. The molecule has 17 heavy (non-hydrogen) atoms. The SMILES string of the molecule is CCN(CC)CCNCc1ccc(F)cc1C. The van der Waals surface area contributed by atoms with Gasteiger partial charge >= 0.3 is 0 Å². The van der Waals surface area contributed by atoms with E-state index in [9.17, 15) is 4.39 Å². The maximum absolute atomic E-state index is 12.9. The molecule has 0 saturated heterocycles. The zero-order valence-corrected chi connectivity index (χ0v) is 11.1. The fourth-order valence-corrected chi connectivity index (χ4v) is 1.86. The van der Waals surface area contributed by atoms with Crippen LogP contribution in [0, 0.1) is 12.7 Å². The van der Waals surface area contributed by atoms with E-state index in [1.165, 1.54) is 11.6 Å². The first kappa shape index (κ1) is 14.1. The van der Waals surface area contributed by atoms with Gasteiger partial charge in [-0.2, -0.15) is 0 Å². The molecule has 1 rings (SSSR count). The van der Waals surface area contributed by atoms with Gasteiger partial charge in [0.05, 0.1) is 0 Å². The van der Waals surface area contributed by atoms with Crippen molar-refractivity contribution in [2.24, 2.45) is 0 Å². The third kappa shape index (κ3) is 4.84. The van der Waals surface area contributed by atoms with Crippen molar-refractivity contribution in [1.82, 2.24) is 10.2 Å². The molecule has 3 heteroatoms. The van der Waals surface area contributed by atoms with Crippen molar-refractivity contribution in [3.8, 4) is 0 Å². The molecule has 0 atom stereocenters. The first-order valence-electron chi connectivity index (χ1n) is 6.35. The van der Waals surface area contributed by atoms with E-state index < -0.39 is 0 Å². The van der Waals surface area contributed by atoms with Gasteiger partial charge in [0.2, 0.25) is 0 Å². The van der Waals surface area contributed by atoms with Crippen LogP contribution in [0.1, 0.15) is 25.0 Å². The molecule has 0 amide bonds. The second-order valence-electron chi connectivity index (χ2n) is 4.27. The summed E-state index contributed by atoms with van der Waals surface area (Å²) in [5, 5.41) is 3.40. The Morgan fingerprint density at radius 1 is 1.24 bits per heavy atom. The molecule has 0 bridgehead atoms. The molecule has 0 unspecified atom stereocenters. The number of aryl methyl sites for hydroxylation is 1. The molecule has 0 radical (unpaired) electrons. The van der Waals surface area contributed by atoms with Crippen LogP contribution in [0.25, 0.3) is 0 Å². The molecule has 2 nitrogen and oxygen atoms in total. The second-order valence-corrected chi connectivity index (χ2v) is 4.27. The van der Waals surface area contributed by atoms with E-state index >= 15 is 0 Å². The average Bonchev–Trinajstić information content (AvgIpc) is 2.32. The third-order valence-corrected chi connectivity index (χ3v) is 3.12. The molecular formula is C14H23FN2. The lowest BCUT2D eigenvalue weighted by atomic mass is 10.1. The Morgan fingerprint density at radius 2 is 1.94 bits per heavy atom. The molecule has 0 spiro atoms. The summed E-state index contributed by atoms with van der Waals surface area (Å²) in [6.07, 6.45) is 0. The van der Waals surface area contributed by atoms with Crippen LogP contribution in [0.15, 0.2) is 18.2 Å². The Bertz CT molecular complexity index is 335. The highest BCUT2D eigenvalue weighted by atomic mass is 19.1. The van der Waals surface area contributed by atoms with Gasteiger partial charge in [-0.25, -0.2) is 4.39 Å². The van der Waals surface area contributed by atoms with Crippen molar-refractivity contribution in [3.05, 3.63) is 35.1 Å². The van der Waals surface area contributed by atoms with Crippen LogP contribution in [0.5, 0.6) is 0 Å². The molecule has 0 aromatic heterocycles. The summed E-state index contributed by atoms with van der Waals surface area (Å²) < 4.78 is 12.9. The van der Waals surface area contributed by atoms with E-state index in [4.69, 9.17) is 0 Å². The summed E-state index contributed by atoms with van der Waals surface area (Å²) in [7, 11) is 0. The summed E-state index contributed by atoms with van der Waals surface area (Å²) in [6, 6.07) is 4.96. The lowest BCUT2D eigenvalue weighted by Gasteiger charge is -2.18.